The van der Waals surface area contributed by atoms with Crippen LogP contribution in [0, 0.1) is 0 Å². The molecule has 0 fully saturated rings. The lowest BCUT2D eigenvalue weighted by Gasteiger charge is -2.18. The minimum Gasteiger partial charge on any atom is -0.493 e. The molecule has 98 valence electrons. The van der Waals surface area contributed by atoms with Gasteiger partial charge in [0.05, 0.1) is 6.61 Å². The maximum absolute atomic E-state index is 11.8. The molecule has 0 aliphatic heterocycles. The molecule has 3 nitrogen and oxygen atoms in total. The minimum absolute atomic E-state index is 0.246. The Bertz CT molecular complexity index is 412. The van der Waals surface area contributed by atoms with E-state index in [9.17, 15) is 4.79 Å². The smallest absolute Gasteiger partial charge is 0.163 e. The molecule has 2 rings (SSSR count). The number of Topliss-reactive ketones (excluding diaryl/α,β-unsaturated/α-hetero) is 1. The van der Waals surface area contributed by atoms with Crippen molar-refractivity contribution in [2.45, 2.75) is 32.6 Å². The third-order valence-electron chi connectivity index (χ3n) is 3.16. The van der Waals surface area contributed by atoms with E-state index in [1.54, 1.807) is 0 Å². The number of fused-ring (bicyclic) bond motifs is 1. The molecule has 1 aromatic carbocycles. The summed E-state index contributed by atoms with van der Waals surface area (Å²) in [4.78, 5) is 11.8. The molecule has 0 N–H and O–H groups in total. The molecule has 0 radical (unpaired) electrons. The topological polar surface area (TPSA) is 35.5 Å². The maximum atomic E-state index is 11.8. The van der Waals surface area contributed by atoms with E-state index < -0.39 is 0 Å². The molecule has 0 atom stereocenters. The van der Waals surface area contributed by atoms with E-state index >= 15 is 0 Å². The standard InChI is InChI=1S/C15H20O3/c1-2-17-10-5-11-18-15-9-4-6-12-13(15)7-3-8-14(12)16/h4,6,9H,2-3,5,7-8,10-11H2,1H3. The van der Waals surface area contributed by atoms with Gasteiger partial charge in [0.15, 0.2) is 5.78 Å². The zero-order chi connectivity index (χ0) is 12.8. The van der Waals surface area contributed by atoms with Gasteiger partial charge < -0.3 is 9.47 Å². The number of carbonyl (C=O) groups excluding carboxylic acids is 1. The molecule has 1 aliphatic rings. The van der Waals surface area contributed by atoms with Crippen molar-refractivity contribution < 1.29 is 14.3 Å². The van der Waals surface area contributed by atoms with Crippen LogP contribution in [0.1, 0.15) is 42.1 Å². The Morgan fingerprint density at radius 2 is 2.11 bits per heavy atom. The van der Waals surface area contributed by atoms with E-state index in [4.69, 9.17) is 9.47 Å². The van der Waals surface area contributed by atoms with E-state index in [1.165, 1.54) is 0 Å². The van der Waals surface area contributed by atoms with Gasteiger partial charge in [-0.1, -0.05) is 12.1 Å². The van der Waals surface area contributed by atoms with Crippen LogP contribution in [-0.4, -0.2) is 25.6 Å². The maximum Gasteiger partial charge on any atom is 0.163 e. The summed E-state index contributed by atoms with van der Waals surface area (Å²) in [6.07, 6.45) is 3.43. The molecule has 18 heavy (non-hydrogen) atoms. The summed E-state index contributed by atoms with van der Waals surface area (Å²) >= 11 is 0. The van der Waals surface area contributed by atoms with Crippen LogP contribution in [0.2, 0.25) is 0 Å². The second-order valence-corrected chi connectivity index (χ2v) is 4.46. The van der Waals surface area contributed by atoms with Crippen molar-refractivity contribution in [3.8, 4) is 5.75 Å². The van der Waals surface area contributed by atoms with E-state index in [0.717, 1.165) is 49.4 Å². The zero-order valence-corrected chi connectivity index (χ0v) is 10.9. The molecule has 0 amide bonds. The summed E-state index contributed by atoms with van der Waals surface area (Å²) in [5.41, 5.74) is 1.94. The monoisotopic (exact) mass is 248 g/mol. The second kappa shape index (κ2) is 6.55. The predicted octanol–water partition coefficient (Wildman–Crippen LogP) is 3.01. The van der Waals surface area contributed by atoms with E-state index in [-0.39, 0.29) is 5.78 Å². The molecular formula is C15H20O3. The lowest BCUT2D eigenvalue weighted by Crippen LogP contribution is -2.13. The Labute approximate surface area is 108 Å². The first kappa shape index (κ1) is 13.1. The Balaban J connectivity index is 1.96. The van der Waals surface area contributed by atoms with Crippen LogP contribution in [0.4, 0.5) is 0 Å². The van der Waals surface area contributed by atoms with Crippen LogP contribution in [0.15, 0.2) is 18.2 Å². The quantitative estimate of drug-likeness (QED) is 0.726. The number of hydrogen-bond donors (Lipinski definition) is 0. The Morgan fingerprint density at radius 3 is 2.94 bits per heavy atom. The molecule has 0 saturated carbocycles. The highest BCUT2D eigenvalue weighted by atomic mass is 16.5. The Morgan fingerprint density at radius 1 is 1.22 bits per heavy atom. The predicted molar refractivity (Wildman–Crippen MR) is 70.3 cm³/mol. The average molecular weight is 248 g/mol. The van der Waals surface area contributed by atoms with Crippen molar-refractivity contribution in [1.82, 2.24) is 0 Å². The van der Waals surface area contributed by atoms with Gasteiger partial charge in [-0.15, -0.1) is 0 Å². The van der Waals surface area contributed by atoms with Gasteiger partial charge in [-0.25, -0.2) is 0 Å². The summed E-state index contributed by atoms with van der Waals surface area (Å²) in [7, 11) is 0. The molecule has 0 unspecified atom stereocenters. The number of ketones is 1. The van der Waals surface area contributed by atoms with Crippen LogP contribution in [-0.2, 0) is 11.2 Å². The van der Waals surface area contributed by atoms with Crippen molar-refractivity contribution >= 4 is 5.78 Å². The molecular weight excluding hydrogens is 228 g/mol. The summed E-state index contributed by atoms with van der Waals surface area (Å²) in [6, 6.07) is 5.77. The van der Waals surface area contributed by atoms with Gasteiger partial charge in [0.1, 0.15) is 5.75 Å². The van der Waals surface area contributed by atoms with Crippen molar-refractivity contribution in [2.75, 3.05) is 19.8 Å². The van der Waals surface area contributed by atoms with Crippen LogP contribution in [0.3, 0.4) is 0 Å². The molecule has 3 heteroatoms. The Kier molecular flexibility index (Phi) is 4.76. The molecule has 0 bridgehead atoms. The van der Waals surface area contributed by atoms with Gasteiger partial charge in [0, 0.05) is 37.2 Å². The molecule has 1 aromatic rings. The fourth-order valence-electron chi connectivity index (χ4n) is 2.27. The first-order valence-corrected chi connectivity index (χ1v) is 6.68. The fourth-order valence-corrected chi connectivity index (χ4v) is 2.27. The number of ether oxygens (including phenoxy) is 2. The summed E-state index contributed by atoms with van der Waals surface area (Å²) in [5.74, 6) is 1.12. The Hall–Kier alpha value is -1.35. The van der Waals surface area contributed by atoms with Gasteiger partial charge in [0.2, 0.25) is 0 Å². The number of hydrogen-bond acceptors (Lipinski definition) is 3. The van der Waals surface area contributed by atoms with E-state index in [2.05, 4.69) is 0 Å². The minimum atomic E-state index is 0.246. The third-order valence-corrected chi connectivity index (χ3v) is 3.16. The highest BCUT2D eigenvalue weighted by molar-refractivity contribution is 5.99. The fraction of sp³-hybridized carbons (Fsp3) is 0.533. The second-order valence-electron chi connectivity index (χ2n) is 4.46. The van der Waals surface area contributed by atoms with E-state index in [0.29, 0.717) is 13.0 Å². The third kappa shape index (κ3) is 3.10. The van der Waals surface area contributed by atoms with E-state index in [1.807, 2.05) is 25.1 Å². The van der Waals surface area contributed by atoms with Crippen molar-refractivity contribution in [2.24, 2.45) is 0 Å². The summed E-state index contributed by atoms with van der Waals surface area (Å²) in [5, 5.41) is 0. The molecule has 0 saturated heterocycles. The van der Waals surface area contributed by atoms with Crippen LogP contribution in [0.25, 0.3) is 0 Å². The van der Waals surface area contributed by atoms with Crippen LogP contribution in [0.5, 0.6) is 5.75 Å². The molecule has 0 heterocycles. The van der Waals surface area contributed by atoms with Gasteiger partial charge in [-0.3, -0.25) is 4.79 Å². The number of rotatable bonds is 6. The lowest BCUT2D eigenvalue weighted by molar-refractivity contribution is 0.0970. The lowest BCUT2D eigenvalue weighted by atomic mass is 9.90. The van der Waals surface area contributed by atoms with Crippen LogP contribution >= 0.6 is 0 Å². The van der Waals surface area contributed by atoms with Gasteiger partial charge in [0.25, 0.3) is 0 Å². The summed E-state index contributed by atoms with van der Waals surface area (Å²) < 4.78 is 11.0. The average Bonchev–Trinajstić information content (AvgIpc) is 2.39. The largest absolute Gasteiger partial charge is 0.493 e. The SMILES string of the molecule is CCOCCCOc1cccc2c1CCCC2=O. The van der Waals surface area contributed by atoms with Gasteiger partial charge >= 0.3 is 0 Å². The summed E-state index contributed by atoms with van der Waals surface area (Å²) in [6.45, 7) is 4.10. The highest BCUT2D eigenvalue weighted by Crippen LogP contribution is 2.29. The number of benzene rings is 1. The van der Waals surface area contributed by atoms with Gasteiger partial charge in [-0.2, -0.15) is 0 Å². The van der Waals surface area contributed by atoms with Crippen molar-refractivity contribution in [3.05, 3.63) is 29.3 Å². The molecule has 0 spiro atoms. The molecule has 0 aromatic heterocycles. The van der Waals surface area contributed by atoms with Gasteiger partial charge in [-0.05, 0) is 25.8 Å². The normalized spacial score (nSPS) is 14.4. The first-order valence-electron chi connectivity index (χ1n) is 6.68. The van der Waals surface area contributed by atoms with Crippen molar-refractivity contribution in [3.63, 3.8) is 0 Å². The van der Waals surface area contributed by atoms with Crippen molar-refractivity contribution in [1.29, 1.82) is 0 Å². The highest BCUT2D eigenvalue weighted by Gasteiger charge is 2.19. The number of carbonyl (C=O) groups is 1. The first-order chi connectivity index (χ1) is 8.83. The van der Waals surface area contributed by atoms with Crippen LogP contribution < -0.4 is 4.74 Å². The zero-order valence-electron chi connectivity index (χ0n) is 10.9. The molecule has 1 aliphatic carbocycles.